The molecule has 0 spiro atoms. The van der Waals surface area contributed by atoms with Crippen LogP contribution in [0.3, 0.4) is 0 Å². The largest absolute Gasteiger partial charge is 0.368 e. The summed E-state index contributed by atoms with van der Waals surface area (Å²) in [6, 6.07) is 0.163. The Morgan fingerprint density at radius 2 is 2.36 bits per heavy atom. The van der Waals surface area contributed by atoms with Crippen LogP contribution >= 0.6 is 0 Å². The molecule has 2 unspecified atom stereocenters. The molecule has 2 rings (SSSR count). The molecule has 14 heavy (non-hydrogen) atoms. The van der Waals surface area contributed by atoms with Crippen LogP contribution in [0.1, 0.15) is 31.5 Å². The Bertz CT molecular complexity index is 263. The van der Waals surface area contributed by atoms with Gasteiger partial charge in [0.05, 0.1) is 6.10 Å². The van der Waals surface area contributed by atoms with E-state index in [4.69, 9.17) is 10.5 Å². The number of nitrogens with two attached hydrogens (primary N) is 1. The molecule has 78 valence electrons. The molecule has 2 atom stereocenters. The topological polar surface area (TPSA) is 74.2 Å². The lowest BCUT2D eigenvalue weighted by Gasteiger charge is -2.27. The van der Waals surface area contributed by atoms with Gasteiger partial charge in [-0.05, 0) is 12.8 Å². The minimum absolute atomic E-state index is 0.155. The average molecular weight is 197 g/mol. The molecule has 1 heterocycles. The standard InChI is InChI=1S/C9H15N3O2/c10-7-3-1-2-4-8(7)13-5-9-11-6-14-12-9/h6-8H,1-5,10H2. The van der Waals surface area contributed by atoms with Crippen LogP contribution in [-0.4, -0.2) is 22.3 Å². The molecule has 0 aliphatic heterocycles. The van der Waals surface area contributed by atoms with E-state index in [2.05, 4.69) is 14.7 Å². The molecule has 1 aliphatic carbocycles. The fourth-order valence-corrected chi connectivity index (χ4v) is 1.77. The van der Waals surface area contributed by atoms with Crippen LogP contribution < -0.4 is 5.73 Å². The fourth-order valence-electron chi connectivity index (χ4n) is 1.77. The maximum atomic E-state index is 5.93. The van der Waals surface area contributed by atoms with E-state index in [1.807, 2.05) is 0 Å². The van der Waals surface area contributed by atoms with E-state index in [0.29, 0.717) is 12.4 Å². The Hall–Kier alpha value is -0.940. The molecule has 1 aliphatic rings. The second-order valence-electron chi connectivity index (χ2n) is 3.65. The first-order valence-corrected chi connectivity index (χ1v) is 4.98. The number of hydrogen-bond acceptors (Lipinski definition) is 5. The van der Waals surface area contributed by atoms with Crippen molar-refractivity contribution in [1.29, 1.82) is 0 Å². The summed E-state index contributed by atoms with van der Waals surface area (Å²) in [5.74, 6) is 0.586. The zero-order chi connectivity index (χ0) is 9.80. The maximum absolute atomic E-state index is 5.93. The molecule has 1 aromatic heterocycles. The van der Waals surface area contributed by atoms with Crippen LogP contribution in [0.25, 0.3) is 0 Å². The Morgan fingerprint density at radius 3 is 3.07 bits per heavy atom. The smallest absolute Gasteiger partial charge is 0.213 e. The zero-order valence-electron chi connectivity index (χ0n) is 8.06. The summed E-state index contributed by atoms with van der Waals surface area (Å²) in [5, 5.41) is 3.67. The Balaban J connectivity index is 1.79. The highest BCUT2D eigenvalue weighted by Gasteiger charge is 2.22. The van der Waals surface area contributed by atoms with Gasteiger partial charge in [-0.3, -0.25) is 0 Å². The van der Waals surface area contributed by atoms with Crippen molar-refractivity contribution in [1.82, 2.24) is 10.1 Å². The van der Waals surface area contributed by atoms with Gasteiger partial charge in [0, 0.05) is 6.04 Å². The molecule has 1 aromatic rings. The predicted octanol–water partition coefficient (Wildman–Crippen LogP) is 0.856. The normalized spacial score (nSPS) is 27.8. The summed E-state index contributed by atoms with van der Waals surface area (Å²) in [4.78, 5) is 3.88. The minimum atomic E-state index is 0.155. The highest BCUT2D eigenvalue weighted by Crippen LogP contribution is 2.20. The van der Waals surface area contributed by atoms with Crippen molar-refractivity contribution < 1.29 is 9.26 Å². The first kappa shape index (κ1) is 9.61. The molecule has 5 heteroatoms. The predicted molar refractivity (Wildman–Crippen MR) is 49.3 cm³/mol. The maximum Gasteiger partial charge on any atom is 0.213 e. The van der Waals surface area contributed by atoms with Crippen molar-refractivity contribution in [2.45, 2.75) is 44.4 Å². The van der Waals surface area contributed by atoms with Crippen molar-refractivity contribution in [2.24, 2.45) is 5.73 Å². The number of rotatable bonds is 3. The third-order valence-corrected chi connectivity index (χ3v) is 2.59. The van der Waals surface area contributed by atoms with E-state index in [0.717, 1.165) is 12.8 Å². The molecule has 2 N–H and O–H groups in total. The Kier molecular flexibility index (Phi) is 3.10. The molecular weight excluding hydrogens is 182 g/mol. The van der Waals surface area contributed by atoms with Crippen molar-refractivity contribution in [3.8, 4) is 0 Å². The Labute approximate surface area is 82.6 Å². The molecule has 1 fully saturated rings. The van der Waals surface area contributed by atoms with Crippen molar-refractivity contribution in [3.05, 3.63) is 12.2 Å². The van der Waals surface area contributed by atoms with Crippen molar-refractivity contribution >= 4 is 0 Å². The van der Waals surface area contributed by atoms with Crippen molar-refractivity contribution in [3.63, 3.8) is 0 Å². The van der Waals surface area contributed by atoms with Gasteiger partial charge in [0.15, 0.2) is 5.82 Å². The molecule has 0 amide bonds. The third-order valence-electron chi connectivity index (χ3n) is 2.59. The molecule has 1 saturated carbocycles. The number of nitrogens with zero attached hydrogens (tertiary/aromatic N) is 2. The lowest BCUT2D eigenvalue weighted by atomic mass is 9.93. The van der Waals surface area contributed by atoms with E-state index in [9.17, 15) is 0 Å². The van der Waals surface area contributed by atoms with Gasteiger partial charge in [-0.1, -0.05) is 18.0 Å². The number of aromatic nitrogens is 2. The SMILES string of the molecule is NC1CCCCC1OCc1ncon1. The first-order valence-electron chi connectivity index (χ1n) is 4.98. The minimum Gasteiger partial charge on any atom is -0.368 e. The van der Waals surface area contributed by atoms with Crippen LogP contribution in [0.2, 0.25) is 0 Å². The summed E-state index contributed by atoms with van der Waals surface area (Å²) in [5.41, 5.74) is 5.93. The zero-order valence-corrected chi connectivity index (χ0v) is 8.06. The van der Waals surface area contributed by atoms with Gasteiger partial charge in [-0.15, -0.1) is 0 Å². The summed E-state index contributed by atoms with van der Waals surface area (Å²) >= 11 is 0. The third kappa shape index (κ3) is 2.30. The number of ether oxygens (including phenoxy) is 1. The van der Waals surface area contributed by atoms with Gasteiger partial charge in [-0.25, -0.2) is 0 Å². The average Bonchev–Trinajstić information content (AvgIpc) is 2.69. The molecule has 0 saturated heterocycles. The van der Waals surface area contributed by atoms with Gasteiger partial charge in [0.25, 0.3) is 0 Å². The van der Waals surface area contributed by atoms with Gasteiger partial charge in [0.1, 0.15) is 6.61 Å². The molecule has 5 nitrogen and oxygen atoms in total. The molecule has 0 bridgehead atoms. The van der Waals surface area contributed by atoms with Gasteiger partial charge in [0.2, 0.25) is 6.39 Å². The van der Waals surface area contributed by atoms with Crippen LogP contribution in [-0.2, 0) is 11.3 Å². The summed E-state index contributed by atoms with van der Waals surface area (Å²) in [6.45, 7) is 0.398. The summed E-state index contributed by atoms with van der Waals surface area (Å²) in [6.07, 6.45) is 5.96. The second-order valence-corrected chi connectivity index (χ2v) is 3.65. The van der Waals surface area contributed by atoms with Crippen molar-refractivity contribution in [2.75, 3.05) is 0 Å². The van der Waals surface area contributed by atoms with E-state index < -0.39 is 0 Å². The molecule has 0 aromatic carbocycles. The molecular formula is C9H15N3O2. The lowest BCUT2D eigenvalue weighted by Crippen LogP contribution is -2.39. The van der Waals surface area contributed by atoms with Crippen LogP contribution in [0.15, 0.2) is 10.9 Å². The second kappa shape index (κ2) is 4.52. The lowest BCUT2D eigenvalue weighted by molar-refractivity contribution is 0.000285. The fraction of sp³-hybridized carbons (Fsp3) is 0.778. The number of hydrogen-bond donors (Lipinski definition) is 1. The first-order chi connectivity index (χ1) is 6.86. The van der Waals surface area contributed by atoms with Crippen LogP contribution in [0, 0.1) is 0 Å². The van der Waals surface area contributed by atoms with E-state index in [-0.39, 0.29) is 12.1 Å². The van der Waals surface area contributed by atoms with Gasteiger partial charge < -0.3 is 15.0 Å². The van der Waals surface area contributed by atoms with E-state index in [1.54, 1.807) is 0 Å². The van der Waals surface area contributed by atoms with Gasteiger partial charge in [-0.2, -0.15) is 4.98 Å². The highest BCUT2D eigenvalue weighted by molar-refractivity contribution is 4.80. The monoisotopic (exact) mass is 197 g/mol. The van der Waals surface area contributed by atoms with E-state index >= 15 is 0 Å². The van der Waals surface area contributed by atoms with Crippen LogP contribution in [0.5, 0.6) is 0 Å². The van der Waals surface area contributed by atoms with Crippen LogP contribution in [0.4, 0.5) is 0 Å². The summed E-state index contributed by atoms with van der Waals surface area (Å²) in [7, 11) is 0. The van der Waals surface area contributed by atoms with E-state index in [1.165, 1.54) is 19.2 Å². The van der Waals surface area contributed by atoms with Gasteiger partial charge >= 0.3 is 0 Å². The molecule has 0 radical (unpaired) electrons. The highest BCUT2D eigenvalue weighted by atomic mass is 16.5. The quantitative estimate of drug-likeness (QED) is 0.777. The Morgan fingerprint density at radius 1 is 1.50 bits per heavy atom. The summed E-state index contributed by atoms with van der Waals surface area (Å²) < 4.78 is 10.2.